The zero-order chi connectivity index (χ0) is 16.0. The highest BCUT2D eigenvalue weighted by molar-refractivity contribution is 5.43. The summed E-state index contributed by atoms with van der Waals surface area (Å²) in [5.41, 5.74) is 1.73. The molecule has 2 N–H and O–H groups in total. The Morgan fingerprint density at radius 1 is 1.43 bits per heavy atom. The number of hydrogen-bond donors (Lipinski definition) is 2. The lowest BCUT2D eigenvalue weighted by atomic mass is 9.89. The van der Waals surface area contributed by atoms with E-state index in [0.717, 1.165) is 24.9 Å². The predicted molar refractivity (Wildman–Crippen MR) is 84.4 cm³/mol. The molecular formula is C16H26N2O3. The van der Waals surface area contributed by atoms with E-state index in [9.17, 15) is 15.2 Å². The fourth-order valence-electron chi connectivity index (χ4n) is 2.17. The minimum Gasteiger partial charge on any atom is -0.396 e. The van der Waals surface area contributed by atoms with Gasteiger partial charge in [-0.05, 0) is 44.2 Å². The summed E-state index contributed by atoms with van der Waals surface area (Å²) in [5.74, 6) is 0. The summed E-state index contributed by atoms with van der Waals surface area (Å²) in [4.78, 5) is 10.6. The summed E-state index contributed by atoms with van der Waals surface area (Å²) in [6.45, 7) is 8.85. The Bertz CT molecular complexity index is 486. The Morgan fingerprint density at radius 3 is 2.67 bits per heavy atom. The second-order valence-corrected chi connectivity index (χ2v) is 6.40. The van der Waals surface area contributed by atoms with Crippen molar-refractivity contribution in [2.75, 3.05) is 13.2 Å². The Labute approximate surface area is 126 Å². The maximum absolute atomic E-state index is 11.0. The van der Waals surface area contributed by atoms with Crippen molar-refractivity contribution in [2.24, 2.45) is 5.41 Å². The van der Waals surface area contributed by atoms with Crippen LogP contribution in [0.3, 0.4) is 0 Å². The molecule has 0 aromatic heterocycles. The van der Waals surface area contributed by atoms with Crippen LogP contribution < -0.4 is 5.32 Å². The molecule has 1 rings (SSSR count). The van der Waals surface area contributed by atoms with Gasteiger partial charge in [0.1, 0.15) is 0 Å². The van der Waals surface area contributed by atoms with Crippen molar-refractivity contribution in [2.45, 2.75) is 46.6 Å². The minimum atomic E-state index is -0.338. The number of aryl methyl sites for hydroxylation is 1. The van der Waals surface area contributed by atoms with Crippen LogP contribution in [0, 0.1) is 22.5 Å². The maximum Gasteiger partial charge on any atom is 0.272 e. The molecule has 0 radical (unpaired) electrons. The molecule has 0 aliphatic rings. The number of aliphatic hydroxyl groups excluding tert-OH is 1. The topological polar surface area (TPSA) is 75.4 Å². The van der Waals surface area contributed by atoms with Gasteiger partial charge in [0, 0.05) is 24.3 Å². The summed E-state index contributed by atoms with van der Waals surface area (Å²) in [5, 5.41) is 23.5. The van der Waals surface area contributed by atoms with Crippen LogP contribution in [0.25, 0.3) is 0 Å². The molecule has 1 unspecified atom stereocenters. The highest BCUT2D eigenvalue weighted by Crippen LogP contribution is 2.24. The zero-order valence-electron chi connectivity index (χ0n) is 13.3. The fourth-order valence-corrected chi connectivity index (χ4v) is 2.17. The lowest BCUT2D eigenvalue weighted by molar-refractivity contribution is -0.385. The van der Waals surface area contributed by atoms with E-state index in [0.29, 0.717) is 5.56 Å². The van der Waals surface area contributed by atoms with Gasteiger partial charge in [0.15, 0.2) is 0 Å². The van der Waals surface area contributed by atoms with Crippen LogP contribution in [0.1, 0.15) is 50.8 Å². The third kappa shape index (κ3) is 5.44. The van der Waals surface area contributed by atoms with Gasteiger partial charge in [0.05, 0.1) is 4.92 Å². The quantitative estimate of drug-likeness (QED) is 0.438. The molecule has 0 fully saturated rings. The van der Waals surface area contributed by atoms with E-state index >= 15 is 0 Å². The molecule has 1 atom stereocenters. The Hall–Kier alpha value is -1.46. The largest absolute Gasteiger partial charge is 0.396 e. The van der Waals surface area contributed by atoms with Gasteiger partial charge in [0.2, 0.25) is 0 Å². The van der Waals surface area contributed by atoms with Crippen LogP contribution in [0.5, 0.6) is 0 Å². The number of benzene rings is 1. The average Bonchev–Trinajstić information content (AvgIpc) is 2.43. The normalized spacial score (nSPS) is 13.2. The number of aliphatic hydroxyl groups is 1. The molecule has 0 aliphatic heterocycles. The molecule has 118 valence electrons. The highest BCUT2D eigenvalue weighted by Gasteiger charge is 2.16. The first-order valence-electron chi connectivity index (χ1n) is 7.36. The number of nitrogens with one attached hydrogen (secondary N) is 1. The number of hydrogen-bond acceptors (Lipinski definition) is 4. The first kappa shape index (κ1) is 17.6. The van der Waals surface area contributed by atoms with Gasteiger partial charge in [0.25, 0.3) is 5.69 Å². The van der Waals surface area contributed by atoms with Crippen LogP contribution in [0.2, 0.25) is 0 Å². The summed E-state index contributed by atoms with van der Waals surface area (Å²) in [6, 6.07) is 5.43. The van der Waals surface area contributed by atoms with Gasteiger partial charge in [-0.25, -0.2) is 0 Å². The third-order valence-corrected chi connectivity index (χ3v) is 3.84. The molecule has 0 saturated carbocycles. The molecule has 0 bridgehead atoms. The minimum absolute atomic E-state index is 0.0481. The van der Waals surface area contributed by atoms with Crippen molar-refractivity contribution in [3.05, 3.63) is 39.4 Å². The van der Waals surface area contributed by atoms with Crippen LogP contribution >= 0.6 is 0 Å². The number of rotatable bonds is 8. The summed E-state index contributed by atoms with van der Waals surface area (Å²) >= 11 is 0. The molecular weight excluding hydrogens is 268 g/mol. The van der Waals surface area contributed by atoms with Gasteiger partial charge >= 0.3 is 0 Å². The zero-order valence-corrected chi connectivity index (χ0v) is 13.3. The first-order chi connectivity index (χ1) is 9.76. The van der Waals surface area contributed by atoms with E-state index in [1.807, 2.05) is 26.8 Å². The van der Waals surface area contributed by atoms with Crippen molar-refractivity contribution in [3.8, 4) is 0 Å². The monoisotopic (exact) mass is 294 g/mol. The highest BCUT2D eigenvalue weighted by atomic mass is 16.6. The second kappa shape index (κ2) is 7.52. The molecule has 1 aromatic carbocycles. The third-order valence-electron chi connectivity index (χ3n) is 3.84. The molecule has 5 heteroatoms. The number of nitro groups is 1. The summed E-state index contributed by atoms with van der Waals surface area (Å²) in [7, 11) is 0. The van der Waals surface area contributed by atoms with Crippen molar-refractivity contribution in [1.29, 1.82) is 0 Å². The van der Waals surface area contributed by atoms with Gasteiger partial charge in [-0.15, -0.1) is 0 Å². The van der Waals surface area contributed by atoms with Crippen LogP contribution in [0.4, 0.5) is 5.69 Å². The van der Waals surface area contributed by atoms with Crippen LogP contribution in [-0.2, 0) is 0 Å². The lowest BCUT2D eigenvalue weighted by Gasteiger charge is -2.22. The van der Waals surface area contributed by atoms with E-state index < -0.39 is 0 Å². The van der Waals surface area contributed by atoms with Crippen molar-refractivity contribution in [1.82, 2.24) is 5.32 Å². The summed E-state index contributed by atoms with van der Waals surface area (Å²) in [6.07, 6.45) is 1.91. The molecule has 0 heterocycles. The SMILES string of the molecule is Cc1ccc(C(C)NCCCC(C)(C)CO)cc1[N+](=O)[O-]. The van der Waals surface area contributed by atoms with Gasteiger partial charge in [-0.3, -0.25) is 10.1 Å². The maximum atomic E-state index is 11.0. The molecule has 1 aromatic rings. The fraction of sp³-hybridized carbons (Fsp3) is 0.625. The van der Waals surface area contributed by atoms with E-state index in [1.165, 1.54) is 0 Å². The molecule has 0 aliphatic carbocycles. The van der Waals surface area contributed by atoms with Crippen LogP contribution in [-0.4, -0.2) is 23.2 Å². The number of nitrogens with zero attached hydrogens (tertiary/aromatic N) is 1. The first-order valence-corrected chi connectivity index (χ1v) is 7.36. The lowest BCUT2D eigenvalue weighted by Crippen LogP contribution is -2.23. The van der Waals surface area contributed by atoms with Crippen LogP contribution in [0.15, 0.2) is 18.2 Å². The number of nitro benzene ring substituents is 1. The van der Waals surface area contributed by atoms with Gasteiger partial charge in [-0.2, -0.15) is 0 Å². The average molecular weight is 294 g/mol. The van der Waals surface area contributed by atoms with E-state index in [1.54, 1.807) is 19.1 Å². The molecule has 0 amide bonds. The van der Waals surface area contributed by atoms with E-state index in [2.05, 4.69) is 5.32 Å². The van der Waals surface area contributed by atoms with Crippen molar-refractivity contribution < 1.29 is 10.0 Å². The van der Waals surface area contributed by atoms with Crippen molar-refractivity contribution >= 4 is 5.69 Å². The molecule has 0 saturated heterocycles. The summed E-state index contributed by atoms with van der Waals surface area (Å²) < 4.78 is 0. The molecule has 0 spiro atoms. The van der Waals surface area contributed by atoms with E-state index in [4.69, 9.17) is 0 Å². The van der Waals surface area contributed by atoms with Crippen molar-refractivity contribution in [3.63, 3.8) is 0 Å². The smallest absolute Gasteiger partial charge is 0.272 e. The standard InChI is InChI=1S/C16H26N2O3/c1-12-6-7-14(10-15(12)18(20)21)13(2)17-9-5-8-16(3,4)11-19/h6-7,10,13,17,19H,5,8-9,11H2,1-4H3. The second-order valence-electron chi connectivity index (χ2n) is 6.40. The van der Waals surface area contributed by atoms with Gasteiger partial charge in [-0.1, -0.05) is 26.0 Å². The van der Waals surface area contributed by atoms with Gasteiger partial charge < -0.3 is 10.4 Å². The Kier molecular flexibility index (Phi) is 6.30. The molecule has 21 heavy (non-hydrogen) atoms. The van der Waals surface area contributed by atoms with E-state index in [-0.39, 0.29) is 28.7 Å². The Balaban J connectivity index is 2.55. The molecule has 5 nitrogen and oxygen atoms in total. The predicted octanol–water partition coefficient (Wildman–Crippen LogP) is 3.35. The Morgan fingerprint density at radius 2 is 2.10 bits per heavy atom.